The molecule has 21 heavy (non-hydrogen) atoms. The first-order valence-corrected chi connectivity index (χ1v) is 6.41. The van der Waals surface area contributed by atoms with Gasteiger partial charge in [-0.2, -0.15) is 5.10 Å². The Morgan fingerprint density at radius 1 is 1.52 bits per heavy atom. The number of aliphatic hydroxyl groups is 1. The molecule has 0 bridgehead atoms. The number of carbonyl (C=O) groups is 1. The second-order valence-corrected chi connectivity index (χ2v) is 4.88. The van der Waals surface area contributed by atoms with Crippen LogP contribution in [0.25, 0.3) is 5.65 Å². The lowest BCUT2D eigenvalue weighted by Crippen LogP contribution is -2.29. The number of nitrogens with one attached hydrogen (secondary N) is 1. The summed E-state index contributed by atoms with van der Waals surface area (Å²) in [6.45, 7) is 0. The lowest BCUT2D eigenvalue weighted by atomic mass is 10.2. The number of aromatic nitrogens is 3. The lowest BCUT2D eigenvalue weighted by Gasteiger charge is -2.17. The van der Waals surface area contributed by atoms with E-state index in [1.165, 1.54) is 0 Å². The molecule has 0 saturated heterocycles. The molecule has 0 amide bonds. The summed E-state index contributed by atoms with van der Waals surface area (Å²) in [5.74, 6) is -2.07. The van der Waals surface area contributed by atoms with E-state index in [9.17, 15) is 18.8 Å². The maximum absolute atomic E-state index is 13.9. The molecule has 2 aromatic heterocycles. The van der Waals surface area contributed by atoms with Crippen molar-refractivity contribution >= 4 is 17.4 Å². The average Bonchev–Trinajstić information content (AvgIpc) is 3.05. The zero-order valence-corrected chi connectivity index (χ0v) is 10.8. The van der Waals surface area contributed by atoms with Crippen molar-refractivity contribution in [2.75, 3.05) is 5.32 Å². The molecule has 0 spiro atoms. The minimum absolute atomic E-state index is 0.0333. The van der Waals surface area contributed by atoms with E-state index < -0.39 is 17.9 Å². The lowest BCUT2D eigenvalue weighted by molar-refractivity contribution is -0.0786. The molecule has 1 aliphatic rings. The highest BCUT2D eigenvalue weighted by Gasteiger charge is 2.27. The molecule has 0 aliphatic heterocycles. The van der Waals surface area contributed by atoms with E-state index in [-0.39, 0.29) is 23.1 Å². The number of rotatable bonds is 3. The zero-order chi connectivity index (χ0) is 15.0. The fourth-order valence-corrected chi connectivity index (χ4v) is 2.46. The molecule has 2 unspecified atom stereocenters. The minimum Gasteiger partial charge on any atom is -0.391 e. The molecule has 2 aromatic rings. The minimum atomic E-state index is -1.25. The third kappa shape index (κ3) is 2.40. The van der Waals surface area contributed by atoms with Gasteiger partial charge in [0.15, 0.2) is 17.3 Å². The van der Waals surface area contributed by atoms with E-state index in [2.05, 4.69) is 20.3 Å². The number of aliphatic hydroxyl groups excluding tert-OH is 1. The normalized spacial score (nSPS) is 21.7. The highest BCUT2D eigenvalue weighted by atomic mass is 19.3. The van der Waals surface area contributed by atoms with E-state index >= 15 is 0 Å². The van der Waals surface area contributed by atoms with E-state index in [1.807, 2.05) is 0 Å². The van der Waals surface area contributed by atoms with E-state index in [0.29, 0.717) is 12.8 Å². The van der Waals surface area contributed by atoms with Crippen molar-refractivity contribution in [3.8, 4) is 0 Å². The van der Waals surface area contributed by atoms with E-state index in [1.54, 1.807) is 0 Å². The van der Waals surface area contributed by atoms with Crippen LogP contribution in [0.1, 0.15) is 29.6 Å². The molecule has 1 aliphatic carbocycles. The summed E-state index contributed by atoms with van der Waals surface area (Å²) < 4.78 is 26.9. The Morgan fingerprint density at radius 3 is 3.00 bits per heavy atom. The molecule has 1 saturated carbocycles. The molecule has 0 aromatic carbocycles. The van der Waals surface area contributed by atoms with Gasteiger partial charge in [-0.15, -0.1) is 0 Å². The second-order valence-electron chi connectivity index (χ2n) is 4.88. The third-order valence-electron chi connectivity index (χ3n) is 3.54. The van der Waals surface area contributed by atoms with Crippen LogP contribution in [0, 0.1) is 5.82 Å². The van der Waals surface area contributed by atoms with Crippen molar-refractivity contribution < 1.29 is 23.8 Å². The first kappa shape index (κ1) is 13.7. The van der Waals surface area contributed by atoms with Crippen molar-refractivity contribution in [1.29, 1.82) is 0 Å². The molecule has 7 nitrogen and oxygen atoms in total. The molecular formula is C12H12F2N4O3. The Kier molecular flexibility index (Phi) is 3.42. The smallest absolute Gasteiger partial charge is 0.384 e. The molecule has 2 N–H and O–H groups in total. The molecule has 0 radical (unpaired) electrons. The van der Waals surface area contributed by atoms with Crippen LogP contribution >= 0.6 is 0 Å². The van der Waals surface area contributed by atoms with Gasteiger partial charge in [-0.3, -0.25) is 0 Å². The van der Waals surface area contributed by atoms with Crippen LogP contribution in [0.3, 0.4) is 0 Å². The van der Waals surface area contributed by atoms with Gasteiger partial charge in [-0.05, 0) is 19.3 Å². The molecule has 2 heterocycles. The Balaban J connectivity index is 1.98. The maximum atomic E-state index is 13.9. The van der Waals surface area contributed by atoms with Crippen LogP contribution in [0.15, 0.2) is 12.4 Å². The van der Waals surface area contributed by atoms with Gasteiger partial charge in [-0.1, -0.05) is 0 Å². The van der Waals surface area contributed by atoms with Gasteiger partial charge >= 0.3 is 5.97 Å². The van der Waals surface area contributed by atoms with Crippen LogP contribution in [-0.4, -0.2) is 37.8 Å². The summed E-state index contributed by atoms with van der Waals surface area (Å²) in [4.78, 5) is 18.3. The Labute approximate surface area is 117 Å². The van der Waals surface area contributed by atoms with Crippen LogP contribution < -0.4 is 5.32 Å². The number of carbonyl (C=O) groups excluding carboxylic acids is 1. The standard InChI is InChI=1S/C12H12F2N4O3/c13-7-5-18-11(6(4-15-18)12(20)21-14)17-10(7)16-8-2-1-3-9(8)19/h4-5,8-9,19H,1-3H2,(H,16,17). The van der Waals surface area contributed by atoms with Gasteiger partial charge in [0.05, 0.1) is 24.5 Å². The van der Waals surface area contributed by atoms with Gasteiger partial charge in [-0.25, -0.2) is 23.6 Å². The van der Waals surface area contributed by atoms with Gasteiger partial charge in [0.25, 0.3) is 0 Å². The van der Waals surface area contributed by atoms with Crippen molar-refractivity contribution in [2.24, 2.45) is 0 Å². The fraction of sp³-hybridized carbons (Fsp3) is 0.417. The van der Waals surface area contributed by atoms with Crippen molar-refractivity contribution in [1.82, 2.24) is 14.6 Å². The number of hydrogen-bond acceptors (Lipinski definition) is 6. The molecule has 9 heteroatoms. The molecular weight excluding hydrogens is 286 g/mol. The topological polar surface area (TPSA) is 88.8 Å². The van der Waals surface area contributed by atoms with E-state index in [4.69, 9.17) is 0 Å². The molecule has 3 rings (SSSR count). The third-order valence-corrected chi connectivity index (χ3v) is 3.54. The second kappa shape index (κ2) is 5.24. The van der Waals surface area contributed by atoms with Crippen LogP contribution in [-0.2, 0) is 4.94 Å². The average molecular weight is 298 g/mol. The predicted molar refractivity (Wildman–Crippen MR) is 66.7 cm³/mol. The SMILES string of the molecule is O=C(OF)c1cnn2cc(F)c(NC3CCCC3O)nc12. The van der Waals surface area contributed by atoms with Crippen LogP contribution in [0.4, 0.5) is 14.7 Å². The van der Waals surface area contributed by atoms with Gasteiger partial charge in [0.1, 0.15) is 5.56 Å². The maximum Gasteiger partial charge on any atom is 0.384 e. The highest BCUT2D eigenvalue weighted by molar-refractivity contribution is 5.95. The van der Waals surface area contributed by atoms with Crippen molar-refractivity contribution in [3.63, 3.8) is 0 Å². The molecule has 1 fully saturated rings. The molecule has 112 valence electrons. The zero-order valence-electron chi connectivity index (χ0n) is 10.8. The van der Waals surface area contributed by atoms with Crippen molar-refractivity contribution in [3.05, 3.63) is 23.8 Å². The van der Waals surface area contributed by atoms with Gasteiger partial charge in [0.2, 0.25) is 0 Å². The number of nitrogens with zero attached hydrogens (tertiary/aromatic N) is 3. The first-order valence-electron chi connectivity index (χ1n) is 6.41. The number of fused-ring (bicyclic) bond motifs is 1. The summed E-state index contributed by atoms with van der Waals surface area (Å²) in [7, 11) is 0. The van der Waals surface area contributed by atoms with Crippen molar-refractivity contribution in [2.45, 2.75) is 31.4 Å². The van der Waals surface area contributed by atoms with Gasteiger partial charge in [0, 0.05) is 4.53 Å². The van der Waals surface area contributed by atoms with Crippen LogP contribution in [0.2, 0.25) is 0 Å². The summed E-state index contributed by atoms with van der Waals surface area (Å²) in [5, 5.41) is 16.2. The monoisotopic (exact) mass is 298 g/mol. The quantitative estimate of drug-likeness (QED) is 0.886. The van der Waals surface area contributed by atoms with Gasteiger partial charge < -0.3 is 10.4 Å². The summed E-state index contributed by atoms with van der Waals surface area (Å²) >= 11 is 0. The van der Waals surface area contributed by atoms with Crippen LogP contribution in [0.5, 0.6) is 0 Å². The Morgan fingerprint density at radius 2 is 2.33 bits per heavy atom. The summed E-state index contributed by atoms with van der Waals surface area (Å²) in [6.07, 6.45) is 3.62. The number of halogens is 2. The first-order chi connectivity index (χ1) is 10.1. The Hall–Kier alpha value is -2.29. The number of anilines is 1. The largest absolute Gasteiger partial charge is 0.391 e. The fourth-order valence-electron chi connectivity index (χ4n) is 2.46. The summed E-state index contributed by atoms with van der Waals surface area (Å²) in [5.41, 5.74) is -0.249. The molecule has 2 atom stereocenters. The highest BCUT2D eigenvalue weighted by Crippen LogP contribution is 2.24. The van der Waals surface area contributed by atoms with E-state index in [0.717, 1.165) is 23.3 Å². The number of hydrogen-bond donors (Lipinski definition) is 2. The Bertz CT molecular complexity index is 690. The predicted octanol–water partition coefficient (Wildman–Crippen LogP) is 1.23. The summed E-state index contributed by atoms with van der Waals surface area (Å²) in [6, 6.07) is -0.311.